The zero-order valence-electron chi connectivity index (χ0n) is 11.2. The minimum Gasteiger partial charge on any atom is -0.369 e. The van der Waals surface area contributed by atoms with Crippen LogP contribution in [0.15, 0.2) is 6.20 Å². The van der Waals surface area contributed by atoms with Crippen molar-refractivity contribution in [1.29, 1.82) is 0 Å². The number of hydrogen-bond donors (Lipinski definition) is 1. The number of anilines is 1. The van der Waals surface area contributed by atoms with Crippen molar-refractivity contribution in [1.82, 2.24) is 14.9 Å². The van der Waals surface area contributed by atoms with Crippen LogP contribution in [0.25, 0.3) is 0 Å². The van der Waals surface area contributed by atoms with Gasteiger partial charge >= 0.3 is 0 Å². The molecule has 1 aliphatic heterocycles. The normalized spacial score (nSPS) is 20.5. The second kappa shape index (κ2) is 7.27. The van der Waals surface area contributed by atoms with Crippen molar-refractivity contribution >= 4 is 29.0 Å². The van der Waals surface area contributed by atoms with Crippen LogP contribution in [0.3, 0.4) is 0 Å². The van der Waals surface area contributed by atoms with Crippen LogP contribution < -0.4 is 5.32 Å². The first-order chi connectivity index (χ1) is 9.16. The molecule has 0 aliphatic carbocycles. The molecule has 0 spiro atoms. The molecule has 1 saturated heterocycles. The zero-order valence-corrected chi connectivity index (χ0v) is 12.7. The van der Waals surface area contributed by atoms with E-state index in [0.717, 1.165) is 19.5 Å². The predicted octanol–water partition coefficient (Wildman–Crippen LogP) is 3.46. The van der Waals surface area contributed by atoms with Crippen LogP contribution in [0, 0.1) is 0 Å². The van der Waals surface area contributed by atoms with E-state index in [9.17, 15) is 0 Å². The van der Waals surface area contributed by atoms with Gasteiger partial charge in [-0.1, -0.05) is 18.0 Å². The summed E-state index contributed by atoms with van der Waals surface area (Å²) in [7, 11) is 0. The Morgan fingerprint density at radius 3 is 3.05 bits per heavy atom. The lowest BCUT2D eigenvalue weighted by molar-refractivity contribution is 0.160. The van der Waals surface area contributed by atoms with E-state index in [0.29, 0.717) is 16.9 Å². The van der Waals surface area contributed by atoms with Crippen molar-refractivity contribution in [2.45, 2.75) is 38.6 Å². The van der Waals surface area contributed by atoms with Crippen molar-refractivity contribution in [2.75, 3.05) is 25.0 Å². The summed E-state index contributed by atoms with van der Waals surface area (Å²) in [5, 5.41) is 3.94. The third-order valence-electron chi connectivity index (χ3n) is 3.57. The largest absolute Gasteiger partial charge is 0.369 e. The summed E-state index contributed by atoms with van der Waals surface area (Å²) >= 11 is 11.7. The number of piperidine rings is 1. The fourth-order valence-corrected chi connectivity index (χ4v) is 2.74. The van der Waals surface area contributed by atoms with Gasteiger partial charge < -0.3 is 10.2 Å². The third kappa shape index (κ3) is 4.48. The molecular weight excluding hydrogens is 283 g/mol. The first-order valence-corrected chi connectivity index (χ1v) is 7.58. The fraction of sp³-hybridized carbons (Fsp3) is 0.692. The minimum atomic E-state index is 0.219. The molecule has 19 heavy (non-hydrogen) atoms. The Hall–Kier alpha value is -0.580. The summed E-state index contributed by atoms with van der Waals surface area (Å²) < 4.78 is 0. The number of aromatic nitrogens is 2. The van der Waals surface area contributed by atoms with Crippen molar-refractivity contribution < 1.29 is 0 Å². The SMILES string of the molecule is CC1CCCCN1CCCNc1nc(Cl)ncc1Cl. The molecule has 2 rings (SSSR count). The van der Waals surface area contributed by atoms with Crippen molar-refractivity contribution in [2.24, 2.45) is 0 Å². The maximum atomic E-state index is 5.99. The molecule has 1 aromatic rings. The maximum absolute atomic E-state index is 5.99. The van der Waals surface area contributed by atoms with Gasteiger partial charge in [-0.2, -0.15) is 4.98 Å². The molecule has 1 fully saturated rings. The quantitative estimate of drug-likeness (QED) is 0.668. The van der Waals surface area contributed by atoms with Gasteiger partial charge in [-0.15, -0.1) is 0 Å². The molecule has 0 aromatic carbocycles. The molecule has 1 aliphatic rings. The lowest BCUT2D eigenvalue weighted by Crippen LogP contribution is -2.38. The van der Waals surface area contributed by atoms with E-state index in [1.165, 1.54) is 32.0 Å². The third-order valence-corrected chi connectivity index (χ3v) is 4.03. The van der Waals surface area contributed by atoms with Crippen molar-refractivity contribution in [3.63, 3.8) is 0 Å². The average Bonchev–Trinajstić information content (AvgIpc) is 2.40. The van der Waals surface area contributed by atoms with E-state index in [1.54, 1.807) is 0 Å². The Balaban J connectivity index is 1.73. The number of nitrogens with one attached hydrogen (secondary N) is 1. The highest BCUT2D eigenvalue weighted by Gasteiger charge is 2.17. The molecule has 0 bridgehead atoms. The van der Waals surface area contributed by atoms with E-state index < -0.39 is 0 Å². The van der Waals surface area contributed by atoms with Crippen LogP contribution in [0.5, 0.6) is 0 Å². The molecule has 1 aromatic heterocycles. The summed E-state index contributed by atoms with van der Waals surface area (Å²) in [4.78, 5) is 10.5. The maximum Gasteiger partial charge on any atom is 0.224 e. The standard InChI is InChI=1S/C13H20Cl2N4/c1-10-5-2-3-7-19(10)8-4-6-16-12-11(14)9-17-13(15)18-12/h9-10H,2-8H2,1H3,(H,16,17,18). The molecule has 1 unspecified atom stereocenters. The van der Waals surface area contributed by atoms with Crippen LogP contribution in [0.4, 0.5) is 5.82 Å². The highest BCUT2D eigenvalue weighted by Crippen LogP contribution is 2.19. The summed E-state index contributed by atoms with van der Waals surface area (Å²) in [5.74, 6) is 0.619. The number of halogens is 2. The van der Waals surface area contributed by atoms with Gasteiger partial charge in [0.2, 0.25) is 5.28 Å². The monoisotopic (exact) mass is 302 g/mol. The van der Waals surface area contributed by atoms with Gasteiger partial charge in [0.15, 0.2) is 0 Å². The lowest BCUT2D eigenvalue weighted by atomic mass is 10.0. The number of rotatable bonds is 5. The van der Waals surface area contributed by atoms with E-state index in [1.807, 2.05) is 0 Å². The highest BCUT2D eigenvalue weighted by molar-refractivity contribution is 6.33. The van der Waals surface area contributed by atoms with Crippen LogP contribution in [0.2, 0.25) is 10.3 Å². The number of hydrogen-bond acceptors (Lipinski definition) is 4. The number of likely N-dealkylation sites (tertiary alicyclic amines) is 1. The van der Waals surface area contributed by atoms with Crippen LogP contribution >= 0.6 is 23.2 Å². The second-order valence-corrected chi connectivity index (χ2v) is 5.74. The molecule has 1 atom stereocenters. The van der Waals surface area contributed by atoms with E-state index >= 15 is 0 Å². The Bertz CT molecular complexity index is 414. The van der Waals surface area contributed by atoms with Gasteiger partial charge in [0.1, 0.15) is 10.8 Å². The van der Waals surface area contributed by atoms with Gasteiger partial charge in [-0.05, 0) is 44.3 Å². The van der Waals surface area contributed by atoms with Gasteiger partial charge in [0.25, 0.3) is 0 Å². The molecule has 0 radical (unpaired) electrons. The lowest BCUT2D eigenvalue weighted by Gasteiger charge is -2.33. The molecule has 4 nitrogen and oxygen atoms in total. The molecule has 106 valence electrons. The van der Waals surface area contributed by atoms with E-state index in [2.05, 4.69) is 27.1 Å². The zero-order chi connectivity index (χ0) is 13.7. The summed E-state index contributed by atoms with van der Waals surface area (Å²) in [6, 6.07) is 0.714. The Kier molecular flexibility index (Phi) is 5.67. The highest BCUT2D eigenvalue weighted by atomic mass is 35.5. The van der Waals surface area contributed by atoms with Crippen LogP contribution in [-0.4, -0.2) is 40.5 Å². The molecule has 1 N–H and O–H groups in total. The van der Waals surface area contributed by atoms with Crippen molar-refractivity contribution in [3.8, 4) is 0 Å². The summed E-state index contributed by atoms with van der Waals surface area (Å²) in [5.41, 5.74) is 0. The molecule has 6 heteroatoms. The average molecular weight is 303 g/mol. The van der Waals surface area contributed by atoms with Crippen LogP contribution in [-0.2, 0) is 0 Å². The first-order valence-electron chi connectivity index (χ1n) is 6.83. The smallest absolute Gasteiger partial charge is 0.224 e. The summed E-state index contributed by atoms with van der Waals surface area (Å²) in [6.07, 6.45) is 6.60. The Labute approximate surface area is 124 Å². The molecule has 2 heterocycles. The van der Waals surface area contributed by atoms with Crippen molar-refractivity contribution in [3.05, 3.63) is 16.5 Å². The van der Waals surface area contributed by atoms with Gasteiger partial charge in [0.05, 0.1) is 6.20 Å². The van der Waals surface area contributed by atoms with Crippen LogP contribution in [0.1, 0.15) is 32.6 Å². The van der Waals surface area contributed by atoms with Gasteiger partial charge in [-0.25, -0.2) is 4.98 Å². The van der Waals surface area contributed by atoms with E-state index in [-0.39, 0.29) is 5.28 Å². The van der Waals surface area contributed by atoms with Gasteiger partial charge in [-0.3, -0.25) is 0 Å². The first kappa shape index (κ1) is 14.8. The fourth-order valence-electron chi connectivity index (χ4n) is 2.45. The topological polar surface area (TPSA) is 41.0 Å². The molecular formula is C13H20Cl2N4. The summed E-state index contributed by atoms with van der Waals surface area (Å²) in [6.45, 7) is 5.50. The second-order valence-electron chi connectivity index (χ2n) is 5.00. The van der Waals surface area contributed by atoms with E-state index in [4.69, 9.17) is 23.2 Å². The molecule has 0 saturated carbocycles. The Morgan fingerprint density at radius 2 is 2.26 bits per heavy atom. The number of nitrogens with zero attached hydrogens (tertiary/aromatic N) is 3. The molecule has 0 amide bonds. The Morgan fingerprint density at radius 1 is 1.42 bits per heavy atom. The minimum absolute atomic E-state index is 0.219. The predicted molar refractivity (Wildman–Crippen MR) is 80.0 cm³/mol. The van der Waals surface area contributed by atoms with Gasteiger partial charge in [0, 0.05) is 19.1 Å².